The number of nitriles is 1. The van der Waals surface area contributed by atoms with Crippen molar-refractivity contribution < 1.29 is 13.2 Å². The summed E-state index contributed by atoms with van der Waals surface area (Å²) in [6.45, 7) is 1.58. The summed E-state index contributed by atoms with van der Waals surface area (Å²) < 4.78 is 28.7. The molecule has 2 rings (SSSR count). The van der Waals surface area contributed by atoms with E-state index in [-0.39, 0.29) is 10.6 Å². The maximum atomic E-state index is 11.5. The fraction of sp³-hybridized carbons (Fsp3) is 0.0714. The maximum absolute atomic E-state index is 11.5. The standard InChI is InChI=1S/C14H13N3O3S/c1-9-13(6-11(16)7-14(9)21(17,18)19)20-12-4-2-10(8-15)3-5-12/h2-7H,16H2,1H3,(H2,17,18,19). The highest BCUT2D eigenvalue weighted by atomic mass is 32.2. The number of nitrogens with zero attached hydrogens (tertiary/aromatic N) is 1. The molecular weight excluding hydrogens is 290 g/mol. The Balaban J connectivity index is 2.45. The lowest BCUT2D eigenvalue weighted by atomic mass is 10.2. The van der Waals surface area contributed by atoms with Gasteiger partial charge < -0.3 is 10.5 Å². The Hall–Kier alpha value is -2.56. The molecule has 6 nitrogen and oxygen atoms in total. The number of primary sulfonamides is 1. The lowest BCUT2D eigenvalue weighted by molar-refractivity contribution is 0.476. The highest BCUT2D eigenvalue weighted by Crippen LogP contribution is 2.31. The van der Waals surface area contributed by atoms with Gasteiger partial charge in [0.25, 0.3) is 0 Å². The fourth-order valence-electron chi connectivity index (χ4n) is 1.81. The van der Waals surface area contributed by atoms with Crippen LogP contribution in [-0.2, 0) is 10.0 Å². The quantitative estimate of drug-likeness (QED) is 0.839. The van der Waals surface area contributed by atoms with Crippen molar-refractivity contribution in [3.63, 3.8) is 0 Å². The summed E-state index contributed by atoms with van der Waals surface area (Å²) in [6, 6.07) is 11.2. The van der Waals surface area contributed by atoms with Crippen LogP contribution in [0.2, 0.25) is 0 Å². The number of sulfonamides is 1. The van der Waals surface area contributed by atoms with Gasteiger partial charge in [0, 0.05) is 17.3 Å². The molecule has 0 amide bonds. The molecule has 0 saturated carbocycles. The zero-order chi connectivity index (χ0) is 15.6. The third-order valence-corrected chi connectivity index (χ3v) is 3.89. The van der Waals surface area contributed by atoms with Gasteiger partial charge in [0.15, 0.2) is 0 Å². The highest BCUT2D eigenvalue weighted by Gasteiger charge is 2.16. The van der Waals surface area contributed by atoms with Crippen molar-refractivity contribution in [2.45, 2.75) is 11.8 Å². The number of benzene rings is 2. The first-order chi connectivity index (χ1) is 9.81. The Labute approximate surface area is 122 Å². The van der Waals surface area contributed by atoms with Gasteiger partial charge in [-0.25, -0.2) is 13.6 Å². The third kappa shape index (κ3) is 3.31. The van der Waals surface area contributed by atoms with Gasteiger partial charge in [0.2, 0.25) is 10.0 Å². The molecule has 0 unspecified atom stereocenters. The van der Waals surface area contributed by atoms with Gasteiger partial charge >= 0.3 is 0 Å². The number of anilines is 1. The summed E-state index contributed by atoms with van der Waals surface area (Å²) in [4.78, 5) is -0.0776. The zero-order valence-corrected chi connectivity index (χ0v) is 12.0. The van der Waals surface area contributed by atoms with Crippen LogP contribution in [-0.4, -0.2) is 8.42 Å². The van der Waals surface area contributed by atoms with Crippen LogP contribution in [0.1, 0.15) is 11.1 Å². The van der Waals surface area contributed by atoms with Crippen molar-refractivity contribution in [1.29, 1.82) is 5.26 Å². The van der Waals surface area contributed by atoms with Crippen LogP contribution in [0.5, 0.6) is 11.5 Å². The van der Waals surface area contributed by atoms with Gasteiger partial charge in [-0.1, -0.05) is 0 Å². The third-order valence-electron chi connectivity index (χ3n) is 2.85. The van der Waals surface area contributed by atoms with Crippen molar-refractivity contribution in [2.75, 3.05) is 5.73 Å². The Kier molecular flexibility index (Phi) is 3.84. The highest BCUT2D eigenvalue weighted by molar-refractivity contribution is 7.89. The van der Waals surface area contributed by atoms with E-state index in [9.17, 15) is 8.42 Å². The molecule has 7 heteroatoms. The Morgan fingerprint density at radius 3 is 2.33 bits per heavy atom. The van der Waals surface area contributed by atoms with Crippen LogP contribution in [0.4, 0.5) is 5.69 Å². The average Bonchev–Trinajstić information content (AvgIpc) is 2.42. The van der Waals surface area contributed by atoms with Crippen molar-refractivity contribution in [2.24, 2.45) is 5.14 Å². The summed E-state index contributed by atoms with van der Waals surface area (Å²) in [6.07, 6.45) is 0. The van der Waals surface area contributed by atoms with Crippen LogP contribution >= 0.6 is 0 Å². The Morgan fingerprint density at radius 2 is 1.81 bits per heavy atom. The molecule has 0 heterocycles. The van der Waals surface area contributed by atoms with E-state index < -0.39 is 10.0 Å². The molecule has 0 saturated heterocycles. The molecule has 0 spiro atoms. The molecule has 0 aliphatic heterocycles. The SMILES string of the molecule is Cc1c(Oc2ccc(C#N)cc2)cc(N)cc1S(N)(=O)=O. The van der Waals surface area contributed by atoms with E-state index in [0.717, 1.165) is 0 Å². The van der Waals surface area contributed by atoms with Gasteiger partial charge in [-0.3, -0.25) is 0 Å². The van der Waals surface area contributed by atoms with Gasteiger partial charge in [-0.05, 0) is 37.3 Å². The van der Waals surface area contributed by atoms with E-state index in [4.69, 9.17) is 20.9 Å². The predicted molar refractivity (Wildman–Crippen MR) is 78.2 cm³/mol. The van der Waals surface area contributed by atoms with Gasteiger partial charge in [-0.2, -0.15) is 5.26 Å². The van der Waals surface area contributed by atoms with Gasteiger partial charge in [0.05, 0.1) is 16.5 Å². The summed E-state index contributed by atoms with van der Waals surface area (Å²) in [5, 5.41) is 13.9. The van der Waals surface area contributed by atoms with Crippen molar-refractivity contribution in [3.05, 3.63) is 47.5 Å². The van der Waals surface area contributed by atoms with Crippen molar-refractivity contribution >= 4 is 15.7 Å². The Bertz CT molecular complexity index is 822. The summed E-state index contributed by atoms with van der Waals surface area (Å²) in [5.74, 6) is 0.756. The molecule has 2 aromatic carbocycles. The zero-order valence-electron chi connectivity index (χ0n) is 11.2. The van der Waals surface area contributed by atoms with Crippen LogP contribution in [0.3, 0.4) is 0 Å². The van der Waals surface area contributed by atoms with E-state index in [2.05, 4.69) is 0 Å². The minimum absolute atomic E-state index is 0.0776. The van der Waals surface area contributed by atoms with Crippen LogP contribution in [0.25, 0.3) is 0 Å². The second-order valence-electron chi connectivity index (χ2n) is 4.43. The van der Waals surface area contributed by atoms with Gasteiger partial charge in [0.1, 0.15) is 11.5 Å². The molecule has 0 radical (unpaired) electrons. The first-order valence-corrected chi connectivity index (χ1v) is 7.47. The van der Waals surface area contributed by atoms with Gasteiger partial charge in [-0.15, -0.1) is 0 Å². The number of nitrogens with two attached hydrogens (primary N) is 2. The first kappa shape index (κ1) is 14.8. The molecule has 4 N–H and O–H groups in total. The van der Waals surface area contributed by atoms with E-state index in [1.165, 1.54) is 12.1 Å². The summed E-state index contributed by atoms with van der Waals surface area (Å²) in [5.41, 5.74) is 6.78. The maximum Gasteiger partial charge on any atom is 0.238 e. The van der Waals surface area contributed by atoms with Crippen LogP contribution in [0.15, 0.2) is 41.3 Å². The molecule has 2 aromatic rings. The Morgan fingerprint density at radius 1 is 1.19 bits per heavy atom. The lowest BCUT2D eigenvalue weighted by Crippen LogP contribution is -2.14. The predicted octanol–water partition coefficient (Wildman–Crippen LogP) is 1.89. The molecule has 0 aliphatic carbocycles. The minimum Gasteiger partial charge on any atom is -0.457 e. The van der Waals surface area contributed by atoms with E-state index in [1.54, 1.807) is 31.2 Å². The molecule has 21 heavy (non-hydrogen) atoms. The monoisotopic (exact) mass is 303 g/mol. The van der Waals surface area contributed by atoms with E-state index in [1.807, 2.05) is 6.07 Å². The first-order valence-electron chi connectivity index (χ1n) is 5.92. The lowest BCUT2D eigenvalue weighted by Gasteiger charge is -2.12. The smallest absolute Gasteiger partial charge is 0.238 e. The molecular formula is C14H13N3O3S. The molecule has 0 aliphatic rings. The molecule has 0 aromatic heterocycles. The largest absolute Gasteiger partial charge is 0.457 e. The van der Waals surface area contributed by atoms with E-state index in [0.29, 0.717) is 22.6 Å². The molecule has 0 atom stereocenters. The minimum atomic E-state index is -3.88. The molecule has 0 fully saturated rings. The number of nitrogen functional groups attached to an aromatic ring is 1. The topological polar surface area (TPSA) is 119 Å². The molecule has 108 valence electrons. The average molecular weight is 303 g/mol. The summed E-state index contributed by atoms with van der Waals surface area (Å²) in [7, 11) is -3.88. The second-order valence-corrected chi connectivity index (χ2v) is 5.96. The number of ether oxygens (including phenoxy) is 1. The number of rotatable bonds is 3. The fourth-order valence-corrected chi connectivity index (χ4v) is 2.64. The van der Waals surface area contributed by atoms with Crippen LogP contribution < -0.4 is 15.6 Å². The number of hydrogen-bond donors (Lipinski definition) is 2. The number of hydrogen-bond acceptors (Lipinski definition) is 5. The van der Waals surface area contributed by atoms with Crippen molar-refractivity contribution in [3.8, 4) is 17.6 Å². The second kappa shape index (κ2) is 5.44. The van der Waals surface area contributed by atoms with Crippen molar-refractivity contribution in [1.82, 2.24) is 0 Å². The summed E-state index contributed by atoms with van der Waals surface area (Å²) >= 11 is 0. The molecule has 0 bridgehead atoms. The van der Waals surface area contributed by atoms with Crippen LogP contribution in [0, 0.1) is 18.3 Å². The normalized spacial score (nSPS) is 10.9. The van der Waals surface area contributed by atoms with E-state index >= 15 is 0 Å².